The number of carbonyl (C=O) groups is 1. The fraction of sp³-hybridized carbons (Fsp3) is 0.188. The van der Waals surface area contributed by atoms with Crippen LogP contribution >= 0.6 is 34.7 Å². The number of hydrogen-bond acceptors (Lipinski definition) is 7. The summed E-state index contributed by atoms with van der Waals surface area (Å²) in [7, 11) is 0. The number of aryl methyl sites for hydroxylation is 2. The largest absolute Gasteiger partial charge is 0.320 e. The Kier molecular flexibility index (Phi) is 5.40. The molecule has 2 heterocycles. The van der Waals surface area contributed by atoms with Crippen molar-refractivity contribution < 1.29 is 9.72 Å². The van der Waals surface area contributed by atoms with Crippen molar-refractivity contribution in [1.82, 2.24) is 9.97 Å². The lowest BCUT2D eigenvalue weighted by molar-refractivity contribution is -0.383. The highest BCUT2D eigenvalue weighted by Crippen LogP contribution is 2.34. The first-order valence-corrected chi connectivity index (χ1v) is 9.62. The summed E-state index contributed by atoms with van der Waals surface area (Å²) in [5, 5.41) is 15.6. The van der Waals surface area contributed by atoms with Crippen LogP contribution in [0.4, 0.5) is 11.4 Å². The van der Waals surface area contributed by atoms with Crippen LogP contribution in [0.25, 0.3) is 10.2 Å². The molecule has 10 heteroatoms. The third kappa shape index (κ3) is 3.79. The van der Waals surface area contributed by atoms with E-state index >= 15 is 0 Å². The number of hydrogen-bond donors (Lipinski definition) is 1. The molecular formula is C16H13ClN4O3S2. The molecule has 26 heavy (non-hydrogen) atoms. The van der Waals surface area contributed by atoms with Gasteiger partial charge in [0.15, 0.2) is 0 Å². The molecule has 0 aliphatic heterocycles. The topological polar surface area (TPSA) is 98.0 Å². The molecule has 0 fully saturated rings. The van der Waals surface area contributed by atoms with Gasteiger partial charge in [-0.2, -0.15) is 0 Å². The quantitative estimate of drug-likeness (QED) is 0.286. The Morgan fingerprint density at radius 3 is 2.88 bits per heavy atom. The van der Waals surface area contributed by atoms with E-state index in [-0.39, 0.29) is 28.1 Å². The normalized spacial score (nSPS) is 10.9. The van der Waals surface area contributed by atoms with Gasteiger partial charge in [0.25, 0.3) is 5.69 Å². The van der Waals surface area contributed by atoms with Crippen LogP contribution in [0.5, 0.6) is 0 Å². The molecule has 0 atom stereocenters. The Morgan fingerprint density at radius 1 is 1.38 bits per heavy atom. The number of nitro groups is 1. The second kappa shape index (κ2) is 7.56. The van der Waals surface area contributed by atoms with Crippen molar-refractivity contribution in [3.63, 3.8) is 0 Å². The Bertz CT molecular complexity index is 1020. The number of rotatable bonds is 5. The average molecular weight is 409 g/mol. The molecule has 0 bridgehead atoms. The lowest BCUT2D eigenvalue weighted by Crippen LogP contribution is -2.15. The van der Waals surface area contributed by atoms with E-state index in [1.165, 1.54) is 36.3 Å². The van der Waals surface area contributed by atoms with Gasteiger partial charge < -0.3 is 5.32 Å². The number of anilines is 1. The molecule has 0 radical (unpaired) electrons. The van der Waals surface area contributed by atoms with Gasteiger partial charge in [-0.05, 0) is 31.5 Å². The second-order valence-corrected chi connectivity index (χ2v) is 8.00. The number of halogens is 1. The van der Waals surface area contributed by atoms with E-state index < -0.39 is 4.92 Å². The Morgan fingerprint density at radius 2 is 2.15 bits per heavy atom. The zero-order chi connectivity index (χ0) is 18.8. The maximum absolute atomic E-state index is 12.2. The molecule has 0 spiro atoms. The molecule has 2 aromatic heterocycles. The molecule has 1 amide bonds. The molecule has 7 nitrogen and oxygen atoms in total. The maximum Gasteiger partial charge on any atom is 0.294 e. The van der Waals surface area contributed by atoms with Gasteiger partial charge in [-0.3, -0.25) is 14.9 Å². The Balaban J connectivity index is 1.76. The monoisotopic (exact) mass is 408 g/mol. The minimum Gasteiger partial charge on any atom is -0.320 e. The predicted molar refractivity (Wildman–Crippen MR) is 104 cm³/mol. The first-order valence-electron chi connectivity index (χ1n) is 7.44. The minimum absolute atomic E-state index is 0.0697. The van der Waals surface area contributed by atoms with Crippen molar-refractivity contribution >= 4 is 62.2 Å². The van der Waals surface area contributed by atoms with E-state index in [2.05, 4.69) is 15.3 Å². The number of nitrogens with one attached hydrogen (secondary N) is 1. The van der Waals surface area contributed by atoms with Gasteiger partial charge in [0.05, 0.1) is 10.7 Å². The van der Waals surface area contributed by atoms with Gasteiger partial charge in [0.2, 0.25) is 5.91 Å². The second-order valence-electron chi connectivity index (χ2n) is 5.40. The van der Waals surface area contributed by atoms with Crippen LogP contribution in [-0.4, -0.2) is 26.6 Å². The SMILES string of the molecule is Cc1sc2ncnc(SCC(=O)Nc3ccc(Cl)cc3[N+](=O)[O-])c2c1C. The summed E-state index contributed by atoms with van der Waals surface area (Å²) in [5.74, 6) is -0.294. The maximum atomic E-state index is 12.2. The van der Waals surface area contributed by atoms with Crippen molar-refractivity contribution in [3.05, 3.63) is 50.1 Å². The van der Waals surface area contributed by atoms with Crippen LogP contribution in [0, 0.1) is 24.0 Å². The van der Waals surface area contributed by atoms with Crippen LogP contribution in [0.1, 0.15) is 10.4 Å². The van der Waals surface area contributed by atoms with E-state index in [0.29, 0.717) is 0 Å². The number of nitrogens with zero attached hydrogens (tertiary/aromatic N) is 3. The molecule has 1 aromatic carbocycles. The van der Waals surface area contributed by atoms with Crippen molar-refractivity contribution in [3.8, 4) is 0 Å². The van der Waals surface area contributed by atoms with Gasteiger partial charge in [0.1, 0.15) is 21.9 Å². The summed E-state index contributed by atoms with van der Waals surface area (Å²) in [6.07, 6.45) is 1.47. The van der Waals surface area contributed by atoms with E-state index in [4.69, 9.17) is 11.6 Å². The average Bonchev–Trinajstić information content (AvgIpc) is 2.89. The molecule has 0 saturated heterocycles. The third-order valence-corrected chi connectivity index (χ3v) is 6.04. The molecule has 1 N–H and O–H groups in total. The molecule has 134 valence electrons. The molecule has 0 unspecified atom stereocenters. The first-order chi connectivity index (χ1) is 12.4. The Hall–Kier alpha value is -2.23. The van der Waals surface area contributed by atoms with Crippen LogP contribution in [0.3, 0.4) is 0 Å². The molecule has 3 rings (SSSR count). The molecule has 0 saturated carbocycles. The third-order valence-electron chi connectivity index (χ3n) is 3.70. The number of thiophene rings is 1. The number of aromatic nitrogens is 2. The molecule has 0 aliphatic carbocycles. The van der Waals surface area contributed by atoms with Crippen molar-refractivity contribution in [2.45, 2.75) is 18.9 Å². The fourth-order valence-corrected chi connectivity index (χ4v) is 4.42. The van der Waals surface area contributed by atoms with Crippen LogP contribution < -0.4 is 5.32 Å². The number of fused-ring (bicyclic) bond motifs is 1. The summed E-state index contributed by atoms with van der Waals surface area (Å²) in [4.78, 5) is 33.3. The smallest absolute Gasteiger partial charge is 0.294 e. The van der Waals surface area contributed by atoms with Crippen molar-refractivity contribution in [2.24, 2.45) is 0 Å². The predicted octanol–water partition coefficient (Wildman–Crippen LogP) is 4.60. The van der Waals surface area contributed by atoms with Gasteiger partial charge >= 0.3 is 0 Å². The number of amides is 1. The van der Waals surface area contributed by atoms with Gasteiger partial charge in [-0.15, -0.1) is 11.3 Å². The van der Waals surface area contributed by atoms with Crippen LogP contribution in [-0.2, 0) is 4.79 Å². The zero-order valence-electron chi connectivity index (χ0n) is 13.8. The summed E-state index contributed by atoms with van der Waals surface area (Å²) >= 11 is 8.63. The highest BCUT2D eigenvalue weighted by Gasteiger charge is 2.18. The molecular weight excluding hydrogens is 396 g/mol. The Labute approximate surface area is 162 Å². The number of carbonyl (C=O) groups excluding carboxylic acids is 1. The van der Waals surface area contributed by atoms with E-state index in [1.807, 2.05) is 13.8 Å². The summed E-state index contributed by atoms with van der Waals surface area (Å²) in [5.41, 5.74) is 0.965. The highest BCUT2D eigenvalue weighted by atomic mass is 35.5. The number of benzene rings is 1. The lowest BCUT2D eigenvalue weighted by Gasteiger charge is -2.07. The number of thioether (sulfide) groups is 1. The molecule has 0 aliphatic rings. The van der Waals surface area contributed by atoms with E-state index in [1.54, 1.807) is 11.3 Å². The van der Waals surface area contributed by atoms with E-state index in [0.717, 1.165) is 25.7 Å². The summed E-state index contributed by atoms with van der Waals surface area (Å²) < 4.78 is 0. The lowest BCUT2D eigenvalue weighted by atomic mass is 10.2. The standard InChI is InChI=1S/C16H13ClN4O3S2/c1-8-9(2)26-16-14(8)15(18-7-19-16)25-6-13(22)20-11-4-3-10(17)5-12(11)21(23)24/h3-5,7H,6H2,1-2H3,(H,20,22). The van der Waals surface area contributed by atoms with Crippen LogP contribution in [0.15, 0.2) is 29.6 Å². The van der Waals surface area contributed by atoms with E-state index in [9.17, 15) is 14.9 Å². The zero-order valence-corrected chi connectivity index (χ0v) is 16.2. The summed E-state index contributed by atoms with van der Waals surface area (Å²) in [6.45, 7) is 4.02. The summed E-state index contributed by atoms with van der Waals surface area (Å²) in [6, 6.07) is 4.11. The fourth-order valence-electron chi connectivity index (χ4n) is 2.34. The highest BCUT2D eigenvalue weighted by molar-refractivity contribution is 8.00. The van der Waals surface area contributed by atoms with Crippen LogP contribution in [0.2, 0.25) is 5.02 Å². The van der Waals surface area contributed by atoms with Gasteiger partial charge in [-0.25, -0.2) is 9.97 Å². The van der Waals surface area contributed by atoms with Crippen molar-refractivity contribution in [2.75, 3.05) is 11.1 Å². The molecule has 3 aromatic rings. The van der Waals surface area contributed by atoms with Gasteiger partial charge in [0, 0.05) is 21.4 Å². The van der Waals surface area contributed by atoms with Crippen molar-refractivity contribution in [1.29, 1.82) is 0 Å². The number of nitro benzene ring substituents is 1. The first kappa shape index (κ1) is 18.6. The minimum atomic E-state index is -0.583. The van der Waals surface area contributed by atoms with Gasteiger partial charge in [-0.1, -0.05) is 23.4 Å².